The molecule has 0 aromatic rings. The maximum absolute atomic E-state index is 12.2. The van der Waals surface area contributed by atoms with Gasteiger partial charge in [-0.15, -0.1) is 0 Å². The molecule has 1 heterocycles. The van der Waals surface area contributed by atoms with Crippen molar-refractivity contribution in [1.82, 2.24) is 10.2 Å². The van der Waals surface area contributed by atoms with E-state index in [-0.39, 0.29) is 5.91 Å². The van der Waals surface area contributed by atoms with Crippen LogP contribution >= 0.6 is 0 Å². The van der Waals surface area contributed by atoms with Gasteiger partial charge in [-0.05, 0) is 38.8 Å². The van der Waals surface area contributed by atoms with Gasteiger partial charge in [-0.3, -0.25) is 4.79 Å². The Balaban J connectivity index is 2.24. The molecule has 4 nitrogen and oxygen atoms in total. The molecule has 1 aliphatic heterocycles. The molecule has 1 fully saturated rings. The Kier molecular flexibility index (Phi) is 8.86. The maximum Gasteiger partial charge on any atom is 0.224 e. The zero-order valence-corrected chi connectivity index (χ0v) is 13.5. The Hall–Kier alpha value is -0.610. The number of ether oxygens (including phenoxy) is 1. The lowest BCUT2D eigenvalue weighted by Gasteiger charge is -2.26. The second kappa shape index (κ2) is 10.2. The van der Waals surface area contributed by atoms with E-state index >= 15 is 0 Å². The van der Waals surface area contributed by atoms with Gasteiger partial charge >= 0.3 is 0 Å². The Morgan fingerprint density at radius 3 is 2.45 bits per heavy atom. The number of carbonyl (C=O) groups is 1. The molecule has 20 heavy (non-hydrogen) atoms. The molecule has 0 spiro atoms. The standard InChI is InChI=1S/C16H32N2O2/c1-4-14(5-2)13-18(6-3)16(19)9-12-20-15-7-10-17-11-8-15/h14-15,17H,4-13H2,1-3H3. The fourth-order valence-corrected chi connectivity index (χ4v) is 2.70. The highest BCUT2D eigenvalue weighted by molar-refractivity contribution is 5.76. The highest BCUT2D eigenvalue weighted by Gasteiger charge is 2.17. The molecule has 4 heteroatoms. The Morgan fingerprint density at radius 2 is 1.90 bits per heavy atom. The van der Waals surface area contributed by atoms with Crippen molar-refractivity contribution in [3.63, 3.8) is 0 Å². The monoisotopic (exact) mass is 284 g/mol. The van der Waals surface area contributed by atoms with E-state index in [1.807, 2.05) is 4.90 Å². The smallest absolute Gasteiger partial charge is 0.224 e. The van der Waals surface area contributed by atoms with Gasteiger partial charge in [-0.2, -0.15) is 0 Å². The summed E-state index contributed by atoms with van der Waals surface area (Å²) in [4.78, 5) is 14.2. The van der Waals surface area contributed by atoms with E-state index in [1.54, 1.807) is 0 Å². The SMILES string of the molecule is CCC(CC)CN(CC)C(=O)CCOC1CCNCC1. The third-order valence-corrected chi connectivity index (χ3v) is 4.32. The Labute approximate surface area is 124 Å². The molecule has 1 saturated heterocycles. The van der Waals surface area contributed by atoms with E-state index < -0.39 is 0 Å². The Morgan fingerprint density at radius 1 is 1.25 bits per heavy atom. The van der Waals surface area contributed by atoms with Gasteiger partial charge in [0, 0.05) is 13.1 Å². The van der Waals surface area contributed by atoms with Gasteiger partial charge in [0.1, 0.15) is 0 Å². The van der Waals surface area contributed by atoms with Crippen molar-refractivity contribution in [2.24, 2.45) is 5.92 Å². The van der Waals surface area contributed by atoms with Crippen LogP contribution in [0.3, 0.4) is 0 Å². The first-order valence-corrected chi connectivity index (χ1v) is 8.31. The van der Waals surface area contributed by atoms with Crippen molar-refractivity contribution >= 4 is 5.91 Å². The second-order valence-electron chi connectivity index (χ2n) is 5.69. The van der Waals surface area contributed by atoms with E-state index in [2.05, 4.69) is 26.1 Å². The van der Waals surface area contributed by atoms with Crippen molar-refractivity contribution < 1.29 is 9.53 Å². The molecule has 0 bridgehead atoms. The van der Waals surface area contributed by atoms with Gasteiger partial charge < -0.3 is 15.0 Å². The normalized spacial score (nSPS) is 16.6. The summed E-state index contributed by atoms with van der Waals surface area (Å²) >= 11 is 0. The average Bonchev–Trinajstić information content (AvgIpc) is 2.49. The van der Waals surface area contributed by atoms with Crippen molar-refractivity contribution in [2.75, 3.05) is 32.8 Å². The molecule has 0 unspecified atom stereocenters. The van der Waals surface area contributed by atoms with Crippen LogP contribution in [0.25, 0.3) is 0 Å². The van der Waals surface area contributed by atoms with Crippen molar-refractivity contribution in [3.8, 4) is 0 Å². The fraction of sp³-hybridized carbons (Fsp3) is 0.938. The summed E-state index contributed by atoms with van der Waals surface area (Å²) in [6.45, 7) is 10.8. The zero-order valence-electron chi connectivity index (χ0n) is 13.5. The molecule has 1 aliphatic rings. The number of amides is 1. The lowest BCUT2D eigenvalue weighted by atomic mass is 10.0. The fourth-order valence-electron chi connectivity index (χ4n) is 2.70. The highest BCUT2D eigenvalue weighted by Crippen LogP contribution is 2.12. The first-order chi connectivity index (χ1) is 9.71. The summed E-state index contributed by atoms with van der Waals surface area (Å²) in [5, 5.41) is 3.32. The van der Waals surface area contributed by atoms with Gasteiger partial charge in [0.05, 0.1) is 19.1 Å². The number of hydrogen-bond donors (Lipinski definition) is 1. The largest absolute Gasteiger partial charge is 0.378 e. The van der Waals surface area contributed by atoms with Crippen LogP contribution in [0.15, 0.2) is 0 Å². The van der Waals surface area contributed by atoms with Crippen LogP contribution < -0.4 is 5.32 Å². The molecule has 0 atom stereocenters. The molecule has 1 N–H and O–H groups in total. The van der Waals surface area contributed by atoms with Crippen molar-refractivity contribution in [3.05, 3.63) is 0 Å². The lowest BCUT2D eigenvalue weighted by molar-refractivity contribution is -0.133. The van der Waals surface area contributed by atoms with Gasteiger partial charge in [0.2, 0.25) is 5.91 Å². The van der Waals surface area contributed by atoms with E-state index in [1.165, 1.54) is 0 Å². The zero-order chi connectivity index (χ0) is 14.8. The second-order valence-corrected chi connectivity index (χ2v) is 5.69. The minimum absolute atomic E-state index is 0.244. The average molecular weight is 284 g/mol. The molecule has 1 amide bonds. The van der Waals surface area contributed by atoms with Crippen LogP contribution in [-0.2, 0) is 9.53 Å². The topological polar surface area (TPSA) is 41.6 Å². The Bertz CT molecular complexity index is 261. The quantitative estimate of drug-likeness (QED) is 0.707. The van der Waals surface area contributed by atoms with Crippen molar-refractivity contribution in [2.45, 2.75) is 59.0 Å². The summed E-state index contributed by atoms with van der Waals surface area (Å²) in [5.74, 6) is 0.873. The molecule has 0 radical (unpaired) electrons. The summed E-state index contributed by atoms with van der Waals surface area (Å²) in [6.07, 6.45) is 5.30. The summed E-state index contributed by atoms with van der Waals surface area (Å²) in [7, 11) is 0. The van der Waals surface area contributed by atoms with E-state index in [9.17, 15) is 4.79 Å². The molecule has 0 saturated carbocycles. The first-order valence-electron chi connectivity index (χ1n) is 8.31. The third kappa shape index (κ3) is 6.23. The molecular weight excluding hydrogens is 252 g/mol. The lowest BCUT2D eigenvalue weighted by Crippen LogP contribution is -2.36. The number of carbonyl (C=O) groups excluding carboxylic acids is 1. The molecule has 118 valence electrons. The van der Waals surface area contributed by atoms with E-state index in [0.717, 1.165) is 51.9 Å². The van der Waals surface area contributed by atoms with Crippen molar-refractivity contribution in [1.29, 1.82) is 0 Å². The maximum atomic E-state index is 12.2. The predicted octanol–water partition coefficient (Wildman–Crippen LogP) is 2.43. The molecule has 1 rings (SSSR count). The van der Waals surface area contributed by atoms with Gasteiger partial charge in [-0.25, -0.2) is 0 Å². The minimum Gasteiger partial charge on any atom is -0.378 e. The van der Waals surface area contributed by atoms with E-state index in [4.69, 9.17) is 4.74 Å². The summed E-state index contributed by atoms with van der Waals surface area (Å²) < 4.78 is 5.82. The van der Waals surface area contributed by atoms with Crippen LogP contribution in [0, 0.1) is 5.92 Å². The number of nitrogens with zero attached hydrogens (tertiary/aromatic N) is 1. The highest BCUT2D eigenvalue weighted by atomic mass is 16.5. The number of piperidine rings is 1. The predicted molar refractivity (Wildman–Crippen MR) is 82.8 cm³/mol. The molecular formula is C16H32N2O2. The molecule has 0 aromatic carbocycles. The van der Waals surface area contributed by atoms with Crippen LogP contribution in [0.4, 0.5) is 0 Å². The molecule has 0 aliphatic carbocycles. The van der Waals surface area contributed by atoms with Crippen LogP contribution in [0.5, 0.6) is 0 Å². The van der Waals surface area contributed by atoms with E-state index in [0.29, 0.717) is 25.0 Å². The number of hydrogen-bond acceptors (Lipinski definition) is 3. The summed E-state index contributed by atoms with van der Waals surface area (Å²) in [6, 6.07) is 0. The summed E-state index contributed by atoms with van der Waals surface area (Å²) in [5.41, 5.74) is 0. The first kappa shape index (κ1) is 17.4. The van der Waals surface area contributed by atoms with Crippen LogP contribution in [-0.4, -0.2) is 49.7 Å². The van der Waals surface area contributed by atoms with Crippen LogP contribution in [0.1, 0.15) is 52.9 Å². The molecule has 0 aromatic heterocycles. The third-order valence-electron chi connectivity index (χ3n) is 4.32. The van der Waals surface area contributed by atoms with Gasteiger partial charge in [-0.1, -0.05) is 26.7 Å². The minimum atomic E-state index is 0.244. The van der Waals surface area contributed by atoms with Gasteiger partial charge in [0.25, 0.3) is 0 Å². The number of rotatable bonds is 9. The van der Waals surface area contributed by atoms with Gasteiger partial charge in [0.15, 0.2) is 0 Å². The van der Waals surface area contributed by atoms with Crippen LogP contribution in [0.2, 0.25) is 0 Å². The number of nitrogens with one attached hydrogen (secondary N) is 1.